The van der Waals surface area contributed by atoms with E-state index in [0.717, 1.165) is 12.1 Å². The summed E-state index contributed by atoms with van der Waals surface area (Å²) in [7, 11) is -9.43. The normalized spacial score (nSPS) is 12.6. The Morgan fingerprint density at radius 3 is 1.67 bits per heavy atom. The van der Waals surface area contributed by atoms with Gasteiger partial charge in [0.2, 0.25) is 0 Å². The first-order valence-electron chi connectivity index (χ1n) is 6.13. The third-order valence-electron chi connectivity index (χ3n) is 2.81. The Bertz CT molecular complexity index is 981. The number of hydrogen-bond donors (Lipinski definition) is 4. The largest absolute Gasteiger partial charge is 0.397 e. The van der Waals surface area contributed by atoms with Crippen molar-refractivity contribution in [1.82, 2.24) is 0 Å². The van der Waals surface area contributed by atoms with Crippen LogP contribution in [0.3, 0.4) is 0 Å². The number of anilines is 2. The topological polar surface area (TPSA) is 186 Å². The van der Waals surface area contributed by atoms with E-state index in [4.69, 9.17) is 20.6 Å². The lowest BCUT2D eigenvalue weighted by Crippen LogP contribution is -2.03. The fourth-order valence-corrected chi connectivity index (χ4v) is 2.82. The van der Waals surface area contributed by atoms with Gasteiger partial charge in [-0.25, -0.2) is 0 Å². The second-order valence-corrected chi connectivity index (χ2v) is 7.47. The van der Waals surface area contributed by atoms with E-state index < -0.39 is 30.0 Å². The molecule has 0 bridgehead atoms. The van der Waals surface area contributed by atoms with Crippen LogP contribution < -0.4 is 11.5 Å². The van der Waals surface area contributed by atoms with Gasteiger partial charge in [-0.3, -0.25) is 9.11 Å². The Labute approximate surface area is 137 Å². The van der Waals surface area contributed by atoms with Gasteiger partial charge in [0.1, 0.15) is 0 Å². The van der Waals surface area contributed by atoms with Crippen molar-refractivity contribution in [1.29, 1.82) is 0 Å². The van der Waals surface area contributed by atoms with Crippen LogP contribution in [0.1, 0.15) is 0 Å². The standard InChI is InChI=1S/C12H12N4O6S2/c13-11-2-1-7(5-12(11)14)15-16-8-3-9(23(17,18)19)6-10(4-8)24(20,21)22/h1-6H,13-14H2,(H,17,18,19)(H,20,21,22)/b16-15+. The van der Waals surface area contributed by atoms with E-state index in [0.29, 0.717) is 11.8 Å². The molecule has 0 atom stereocenters. The number of nitrogen functional groups attached to an aromatic ring is 2. The molecule has 0 heterocycles. The van der Waals surface area contributed by atoms with Crippen molar-refractivity contribution >= 4 is 43.0 Å². The van der Waals surface area contributed by atoms with Crippen molar-refractivity contribution in [3.05, 3.63) is 36.4 Å². The fourth-order valence-electron chi connectivity index (χ4n) is 1.65. The molecule has 0 fully saturated rings. The SMILES string of the molecule is Nc1ccc(/N=N/c2cc(S(=O)(=O)O)cc(S(=O)(=O)O)c2)cc1N. The van der Waals surface area contributed by atoms with E-state index in [1.165, 1.54) is 18.2 Å². The second-order valence-electron chi connectivity index (χ2n) is 4.63. The van der Waals surface area contributed by atoms with Gasteiger partial charge < -0.3 is 11.5 Å². The van der Waals surface area contributed by atoms with Gasteiger partial charge in [0.25, 0.3) is 20.2 Å². The van der Waals surface area contributed by atoms with E-state index in [1.807, 2.05) is 0 Å². The Morgan fingerprint density at radius 2 is 1.21 bits per heavy atom. The summed E-state index contributed by atoms with van der Waals surface area (Å²) >= 11 is 0. The third-order valence-corrected chi connectivity index (χ3v) is 4.47. The maximum Gasteiger partial charge on any atom is 0.294 e. The van der Waals surface area contributed by atoms with Crippen LogP contribution in [-0.4, -0.2) is 25.9 Å². The molecule has 2 aromatic rings. The van der Waals surface area contributed by atoms with Crippen molar-refractivity contribution in [3.8, 4) is 0 Å². The van der Waals surface area contributed by atoms with Gasteiger partial charge in [-0.1, -0.05) is 0 Å². The lowest BCUT2D eigenvalue weighted by Gasteiger charge is -2.03. The number of benzene rings is 2. The van der Waals surface area contributed by atoms with Crippen LogP contribution in [0, 0.1) is 0 Å². The minimum atomic E-state index is -4.72. The number of azo groups is 1. The van der Waals surface area contributed by atoms with Gasteiger partial charge in [-0.05, 0) is 36.4 Å². The highest BCUT2D eigenvalue weighted by Crippen LogP contribution is 2.27. The van der Waals surface area contributed by atoms with Gasteiger partial charge in [-0.2, -0.15) is 27.1 Å². The van der Waals surface area contributed by atoms with Crippen LogP contribution >= 0.6 is 0 Å². The molecular formula is C12H12N4O6S2. The van der Waals surface area contributed by atoms with Gasteiger partial charge in [0.05, 0.1) is 32.5 Å². The number of nitrogens with zero attached hydrogens (tertiary/aromatic N) is 2. The van der Waals surface area contributed by atoms with E-state index >= 15 is 0 Å². The molecule has 0 unspecified atom stereocenters. The summed E-state index contributed by atoms with van der Waals surface area (Å²) in [6.45, 7) is 0. The fraction of sp³-hybridized carbons (Fsp3) is 0. The first-order valence-corrected chi connectivity index (χ1v) is 9.01. The summed E-state index contributed by atoms with van der Waals surface area (Å²) in [6.07, 6.45) is 0. The minimum absolute atomic E-state index is 0.229. The van der Waals surface area contributed by atoms with E-state index in [9.17, 15) is 16.8 Å². The van der Waals surface area contributed by atoms with Crippen molar-refractivity contribution in [2.24, 2.45) is 10.2 Å². The zero-order valence-electron chi connectivity index (χ0n) is 11.9. The Hall–Kier alpha value is -2.54. The predicted octanol–water partition coefficient (Wildman–Crippen LogP) is 1.76. The van der Waals surface area contributed by atoms with Gasteiger partial charge in [0, 0.05) is 0 Å². The molecule has 0 radical (unpaired) electrons. The highest BCUT2D eigenvalue weighted by Gasteiger charge is 2.18. The van der Waals surface area contributed by atoms with Crippen LogP contribution in [0.15, 0.2) is 56.4 Å². The molecule has 0 aromatic heterocycles. The third kappa shape index (κ3) is 4.26. The summed E-state index contributed by atoms with van der Waals surface area (Å²) in [4.78, 5) is -1.52. The number of hydrogen-bond acceptors (Lipinski definition) is 8. The predicted molar refractivity (Wildman–Crippen MR) is 85.5 cm³/mol. The van der Waals surface area contributed by atoms with Crippen LogP contribution in [0.25, 0.3) is 0 Å². The summed E-state index contributed by atoms with van der Waals surface area (Å²) in [5.41, 5.74) is 11.8. The van der Waals surface area contributed by atoms with Gasteiger partial charge in [-0.15, -0.1) is 0 Å². The maximum absolute atomic E-state index is 11.2. The first kappa shape index (κ1) is 17.8. The Morgan fingerprint density at radius 1 is 0.708 bits per heavy atom. The van der Waals surface area contributed by atoms with E-state index in [2.05, 4.69) is 10.2 Å². The van der Waals surface area contributed by atoms with Gasteiger partial charge >= 0.3 is 0 Å². The molecule has 10 nitrogen and oxygen atoms in total. The quantitative estimate of drug-likeness (QED) is 0.355. The van der Waals surface area contributed by atoms with Gasteiger partial charge in [0.15, 0.2) is 0 Å². The highest BCUT2D eigenvalue weighted by atomic mass is 32.2. The Kier molecular flexibility index (Phi) is 4.57. The molecule has 0 amide bonds. The molecule has 0 saturated heterocycles. The summed E-state index contributed by atoms with van der Waals surface area (Å²) in [5.74, 6) is 0. The van der Waals surface area contributed by atoms with Crippen LogP contribution in [-0.2, 0) is 20.2 Å². The van der Waals surface area contributed by atoms with E-state index in [1.54, 1.807) is 0 Å². The zero-order chi connectivity index (χ0) is 18.1. The lowest BCUT2D eigenvalue weighted by atomic mass is 10.2. The molecule has 2 aromatic carbocycles. The number of nitrogens with two attached hydrogens (primary N) is 2. The van der Waals surface area contributed by atoms with Crippen LogP contribution in [0.4, 0.5) is 22.7 Å². The molecule has 0 aliphatic heterocycles. The smallest absolute Gasteiger partial charge is 0.294 e. The van der Waals surface area contributed by atoms with Crippen LogP contribution in [0.5, 0.6) is 0 Å². The van der Waals surface area contributed by atoms with E-state index in [-0.39, 0.29) is 17.1 Å². The summed E-state index contributed by atoms with van der Waals surface area (Å²) < 4.78 is 62.9. The molecular weight excluding hydrogens is 360 g/mol. The molecule has 0 saturated carbocycles. The molecule has 24 heavy (non-hydrogen) atoms. The summed E-state index contributed by atoms with van der Waals surface area (Å²) in [6, 6.07) is 6.70. The first-order chi connectivity index (χ1) is 11.0. The lowest BCUT2D eigenvalue weighted by molar-refractivity contribution is 0.481. The summed E-state index contributed by atoms with van der Waals surface area (Å²) in [5, 5.41) is 7.43. The molecule has 0 aliphatic rings. The Balaban J connectivity index is 2.53. The van der Waals surface area contributed by atoms with Crippen molar-refractivity contribution in [3.63, 3.8) is 0 Å². The molecule has 0 aliphatic carbocycles. The van der Waals surface area contributed by atoms with Crippen LogP contribution in [0.2, 0.25) is 0 Å². The minimum Gasteiger partial charge on any atom is -0.397 e. The average molecular weight is 372 g/mol. The zero-order valence-corrected chi connectivity index (χ0v) is 13.5. The molecule has 0 spiro atoms. The monoisotopic (exact) mass is 372 g/mol. The highest BCUT2D eigenvalue weighted by molar-refractivity contribution is 7.86. The van der Waals surface area contributed by atoms with Crippen molar-refractivity contribution in [2.75, 3.05) is 11.5 Å². The molecule has 6 N–H and O–H groups in total. The van der Waals surface area contributed by atoms with Crippen molar-refractivity contribution in [2.45, 2.75) is 9.79 Å². The second kappa shape index (κ2) is 6.16. The van der Waals surface area contributed by atoms with Crippen molar-refractivity contribution < 1.29 is 25.9 Å². The molecule has 2 rings (SSSR count). The average Bonchev–Trinajstić information content (AvgIpc) is 2.46. The molecule has 12 heteroatoms. The maximum atomic E-state index is 11.2. The number of rotatable bonds is 4. The molecule has 128 valence electrons.